The first-order valence-electron chi connectivity index (χ1n) is 12.5. The molecule has 1 atom stereocenters. The zero-order valence-electron chi connectivity index (χ0n) is 21.9. The maximum absolute atomic E-state index is 14.1. The lowest BCUT2D eigenvalue weighted by Gasteiger charge is -2.33. The Morgan fingerprint density at radius 3 is 2.02 bits per heavy atom. The number of hydrogen-bond acceptors (Lipinski definition) is 4. The van der Waals surface area contributed by atoms with Crippen LogP contribution in [0.5, 0.6) is 0 Å². The van der Waals surface area contributed by atoms with Crippen LogP contribution >= 0.6 is 46.4 Å². The Bertz CT molecular complexity index is 1410. The number of hydrogen-bond donors (Lipinski definition) is 1. The van der Waals surface area contributed by atoms with Crippen LogP contribution in [0.3, 0.4) is 0 Å². The van der Waals surface area contributed by atoms with Gasteiger partial charge in [-0.2, -0.15) is 0 Å². The molecule has 0 saturated carbocycles. The van der Waals surface area contributed by atoms with Crippen LogP contribution in [0.4, 0.5) is 5.69 Å². The minimum Gasteiger partial charge on any atom is -0.354 e. The lowest BCUT2D eigenvalue weighted by molar-refractivity contribution is -0.140. The topological polar surface area (TPSA) is 86.8 Å². The summed E-state index contributed by atoms with van der Waals surface area (Å²) in [5.41, 5.74) is 0.526. The summed E-state index contributed by atoms with van der Waals surface area (Å²) in [7, 11) is -4.26. The van der Waals surface area contributed by atoms with E-state index < -0.39 is 28.5 Å². The maximum Gasteiger partial charge on any atom is 0.264 e. The second-order valence-corrected chi connectivity index (χ2v) is 12.4. The molecule has 12 heteroatoms. The number of nitrogens with one attached hydrogen (secondary N) is 1. The molecular weight excluding hydrogens is 616 g/mol. The monoisotopic (exact) mass is 643 g/mol. The molecule has 0 spiro atoms. The molecule has 0 aliphatic carbocycles. The highest BCUT2D eigenvalue weighted by atomic mass is 35.5. The van der Waals surface area contributed by atoms with Crippen molar-refractivity contribution in [2.75, 3.05) is 17.4 Å². The van der Waals surface area contributed by atoms with E-state index >= 15 is 0 Å². The summed E-state index contributed by atoms with van der Waals surface area (Å²) in [6, 6.07) is 16.0. The van der Waals surface area contributed by atoms with Gasteiger partial charge in [-0.15, -0.1) is 0 Å². The van der Waals surface area contributed by atoms with Crippen LogP contribution in [0.25, 0.3) is 0 Å². The molecule has 0 fully saturated rings. The fourth-order valence-corrected chi connectivity index (χ4v) is 6.52. The van der Waals surface area contributed by atoms with Crippen molar-refractivity contribution in [2.24, 2.45) is 0 Å². The number of sulfonamides is 1. The lowest BCUT2D eigenvalue weighted by atomic mass is 10.1. The highest BCUT2D eigenvalue weighted by Gasteiger charge is 2.34. The third kappa shape index (κ3) is 7.83. The van der Waals surface area contributed by atoms with Gasteiger partial charge in [0.2, 0.25) is 11.8 Å². The van der Waals surface area contributed by atoms with Crippen LogP contribution in [0, 0.1) is 0 Å². The highest BCUT2D eigenvalue weighted by molar-refractivity contribution is 7.92. The number of rotatable bonds is 12. The van der Waals surface area contributed by atoms with E-state index in [2.05, 4.69) is 5.32 Å². The SMILES string of the molecule is CCCNC(=O)C(CC)N(Cc1c(Cl)cccc1Cl)C(=O)CN(c1cc(Cl)cc(Cl)c1)S(=O)(=O)c1ccccc1. The summed E-state index contributed by atoms with van der Waals surface area (Å²) in [4.78, 5) is 28.5. The van der Waals surface area contributed by atoms with Crippen molar-refractivity contribution < 1.29 is 18.0 Å². The molecule has 3 aromatic carbocycles. The van der Waals surface area contributed by atoms with Crippen LogP contribution in [0.15, 0.2) is 71.6 Å². The standard InChI is InChI=1S/C28H29Cl4N3O4S/c1-3-13-33-28(37)26(4-2)34(17-23-24(31)11-8-12-25(23)32)27(36)18-35(21-15-19(29)14-20(30)16-21)40(38,39)22-9-6-5-7-10-22/h5-12,14-16,26H,3-4,13,17-18H2,1-2H3,(H,33,37). The molecule has 0 radical (unpaired) electrons. The Kier molecular flexibility index (Phi) is 11.5. The van der Waals surface area contributed by atoms with Gasteiger partial charge in [-0.25, -0.2) is 8.42 Å². The summed E-state index contributed by atoms with van der Waals surface area (Å²) < 4.78 is 28.6. The molecule has 1 unspecified atom stereocenters. The average Bonchev–Trinajstić information content (AvgIpc) is 2.91. The molecule has 7 nitrogen and oxygen atoms in total. The number of nitrogens with zero attached hydrogens (tertiary/aromatic N) is 2. The normalized spacial score (nSPS) is 12.1. The van der Waals surface area contributed by atoms with Crippen molar-refractivity contribution in [1.29, 1.82) is 0 Å². The minimum absolute atomic E-state index is 0.0349. The molecule has 0 heterocycles. The predicted molar refractivity (Wildman–Crippen MR) is 162 cm³/mol. The first kappa shape index (κ1) is 32.0. The molecule has 2 amide bonds. The zero-order chi connectivity index (χ0) is 29.4. The van der Waals surface area contributed by atoms with Crippen LogP contribution in [0.2, 0.25) is 20.1 Å². The Morgan fingerprint density at radius 1 is 0.875 bits per heavy atom. The van der Waals surface area contributed by atoms with E-state index in [1.165, 1.54) is 35.2 Å². The van der Waals surface area contributed by atoms with Gasteiger partial charge in [-0.1, -0.05) is 84.5 Å². The molecule has 0 aromatic heterocycles. The largest absolute Gasteiger partial charge is 0.354 e. The van der Waals surface area contributed by atoms with Gasteiger partial charge >= 0.3 is 0 Å². The number of carbonyl (C=O) groups is 2. The van der Waals surface area contributed by atoms with Crippen LogP contribution < -0.4 is 9.62 Å². The molecular formula is C28H29Cl4N3O4S. The Morgan fingerprint density at radius 2 is 1.48 bits per heavy atom. The van der Waals surface area contributed by atoms with E-state index in [-0.39, 0.29) is 39.5 Å². The lowest BCUT2D eigenvalue weighted by Crippen LogP contribution is -2.52. The van der Waals surface area contributed by atoms with Gasteiger partial charge in [0, 0.05) is 38.7 Å². The van der Waals surface area contributed by atoms with E-state index in [4.69, 9.17) is 46.4 Å². The summed E-state index contributed by atoms with van der Waals surface area (Å²) >= 11 is 25.3. The highest BCUT2D eigenvalue weighted by Crippen LogP contribution is 2.31. The molecule has 1 N–H and O–H groups in total. The molecule has 3 aromatic rings. The first-order valence-corrected chi connectivity index (χ1v) is 15.5. The average molecular weight is 645 g/mol. The van der Waals surface area contributed by atoms with Gasteiger partial charge in [0.1, 0.15) is 12.6 Å². The summed E-state index contributed by atoms with van der Waals surface area (Å²) in [6.07, 6.45) is 0.961. The maximum atomic E-state index is 14.1. The zero-order valence-corrected chi connectivity index (χ0v) is 25.8. The van der Waals surface area contributed by atoms with Gasteiger partial charge in [0.05, 0.1) is 10.6 Å². The third-order valence-corrected chi connectivity index (χ3v) is 9.00. The molecule has 3 rings (SSSR count). The van der Waals surface area contributed by atoms with E-state index in [0.717, 1.165) is 4.31 Å². The second-order valence-electron chi connectivity index (χ2n) is 8.89. The Labute approximate surface area is 255 Å². The molecule has 0 aliphatic rings. The first-order chi connectivity index (χ1) is 19.0. The van der Waals surface area contributed by atoms with Gasteiger partial charge in [-0.3, -0.25) is 13.9 Å². The fourth-order valence-electron chi connectivity index (χ4n) is 4.07. The number of amides is 2. The fraction of sp³-hybridized carbons (Fsp3) is 0.286. The van der Waals surface area contributed by atoms with Crippen molar-refractivity contribution >= 4 is 73.9 Å². The van der Waals surface area contributed by atoms with Gasteiger partial charge < -0.3 is 10.2 Å². The summed E-state index contributed by atoms with van der Waals surface area (Å²) in [6.45, 7) is 3.33. The van der Waals surface area contributed by atoms with E-state index in [9.17, 15) is 18.0 Å². The Hall–Kier alpha value is -2.49. The van der Waals surface area contributed by atoms with Crippen molar-refractivity contribution in [3.63, 3.8) is 0 Å². The smallest absolute Gasteiger partial charge is 0.264 e. The van der Waals surface area contributed by atoms with Crippen molar-refractivity contribution in [1.82, 2.24) is 10.2 Å². The minimum atomic E-state index is -4.26. The van der Waals surface area contributed by atoms with E-state index in [1.54, 1.807) is 43.3 Å². The van der Waals surface area contributed by atoms with Gasteiger partial charge in [0.25, 0.3) is 10.0 Å². The van der Waals surface area contributed by atoms with Crippen LogP contribution in [-0.2, 0) is 26.2 Å². The van der Waals surface area contributed by atoms with Crippen LogP contribution in [0.1, 0.15) is 32.3 Å². The Balaban J connectivity index is 2.11. The molecule has 40 heavy (non-hydrogen) atoms. The van der Waals surface area contributed by atoms with Crippen molar-refractivity contribution in [3.8, 4) is 0 Å². The third-order valence-electron chi connectivity index (χ3n) is 6.07. The van der Waals surface area contributed by atoms with E-state index in [1.807, 2.05) is 6.92 Å². The second kappa shape index (κ2) is 14.4. The van der Waals surface area contributed by atoms with Gasteiger partial charge in [-0.05, 0) is 55.3 Å². The molecule has 0 aliphatic heterocycles. The van der Waals surface area contributed by atoms with E-state index in [0.29, 0.717) is 28.6 Å². The molecule has 0 saturated heterocycles. The summed E-state index contributed by atoms with van der Waals surface area (Å²) in [5, 5.41) is 3.82. The van der Waals surface area contributed by atoms with Gasteiger partial charge in [0.15, 0.2) is 0 Å². The quantitative estimate of drug-likeness (QED) is 0.234. The van der Waals surface area contributed by atoms with Crippen LogP contribution in [-0.4, -0.2) is 44.3 Å². The number of anilines is 1. The van der Waals surface area contributed by atoms with Crippen molar-refractivity contribution in [2.45, 2.75) is 44.2 Å². The number of halogens is 4. The molecule has 0 bridgehead atoms. The number of carbonyl (C=O) groups excluding carboxylic acids is 2. The predicted octanol–water partition coefficient (Wildman–Crippen LogP) is 6.83. The summed E-state index contributed by atoms with van der Waals surface area (Å²) in [5.74, 6) is -1.02. The van der Waals surface area contributed by atoms with Crippen molar-refractivity contribution in [3.05, 3.63) is 92.4 Å². The number of benzene rings is 3. The molecule has 214 valence electrons.